The van der Waals surface area contributed by atoms with Crippen LogP contribution < -0.4 is 10.9 Å². The van der Waals surface area contributed by atoms with Gasteiger partial charge in [0.15, 0.2) is 0 Å². The topological polar surface area (TPSA) is 46.9 Å². The second kappa shape index (κ2) is 7.01. The maximum atomic E-state index is 11.7. The van der Waals surface area contributed by atoms with Gasteiger partial charge in [0.05, 0.1) is 9.90 Å². The third-order valence-corrected chi connectivity index (χ3v) is 3.03. The summed E-state index contributed by atoms with van der Waals surface area (Å²) in [5, 5.41) is 3.35. The molecule has 0 aliphatic carbocycles. The lowest BCUT2D eigenvalue weighted by atomic mass is 10.2. The van der Waals surface area contributed by atoms with E-state index in [0.717, 1.165) is 26.1 Å². The Balaban J connectivity index is 2.53. The first-order chi connectivity index (χ1) is 7.65. The first-order valence-corrected chi connectivity index (χ1v) is 6.63. The van der Waals surface area contributed by atoms with Crippen LogP contribution in [0, 0.1) is 9.49 Å². The molecular weight excluding hydrogens is 317 g/mol. The number of hydrogen-bond acceptors (Lipinski definition) is 3. The van der Waals surface area contributed by atoms with Crippen LogP contribution in [0.2, 0.25) is 0 Å². The number of hydrogen-bond donors (Lipinski definition) is 1. The van der Waals surface area contributed by atoms with Gasteiger partial charge in [-0.3, -0.25) is 9.36 Å². The molecule has 0 radical (unpaired) electrons. The molecule has 0 saturated heterocycles. The molecule has 1 unspecified atom stereocenters. The van der Waals surface area contributed by atoms with Crippen LogP contribution in [0.1, 0.15) is 20.3 Å². The van der Waals surface area contributed by atoms with E-state index >= 15 is 0 Å². The second-order valence-electron chi connectivity index (χ2n) is 4.01. The largest absolute Gasteiger partial charge is 0.316 e. The Morgan fingerprint density at radius 2 is 2.38 bits per heavy atom. The summed E-state index contributed by atoms with van der Waals surface area (Å²) in [6.45, 7) is 6.97. The van der Waals surface area contributed by atoms with Gasteiger partial charge in [-0.2, -0.15) is 0 Å². The first-order valence-electron chi connectivity index (χ1n) is 5.55. The van der Waals surface area contributed by atoms with Gasteiger partial charge in [0.2, 0.25) is 0 Å². The van der Waals surface area contributed by atoms with Gasteiger partial charge in [-0.15, -0.1) is 0 Å². The van der Waals surface area contributed by atoms with Crippen molar-refractivity contribution in [3.8, 4) is 0 Å². The van der Waals surface area contributed by atoms with Gasteiger partial charge in [0.25, 0.3) is 5.56 Å². The third kappa shape index (κ3) is 4.21. The van der Waals surface area contributed by atoms with Crippen molar-refractivity contribution >= 4 is 22.6 Å². The van der Waals surface area contributed by atoms with E-state index < -0.39 is 0 Å². The molecule has 1 heterocycles. The molecule has 1 rings (SSSR count). The van der Waals surface area contributed by atoms with Gasteiger partial charge < -0.3 is 5.32 Å². The highest BCUT2D eigenvalue weighted by molar-refractivity contribution is 14.1. The predicted molar refractivity (Wildman–Crippen MR) is 73.5 cm³/mol. The van der Waals surface area contributed by atoms with E-state index in [1.165, 1.54) is 0 Å². The molecule has 4 nitrogen and oxygen atoms in total. The highest BCUT2D eigenvalue weighted by atomic mass is 127. The lowest BCUT2D eigenvalue weighted by Crippen LogP contribution is -2.30. The molecule has 0 amide bonds. The molecular formula is C11H18IN3O. The van der Waals surface area contributed by atoms with Crippen LogP contribution >= 0.6 is 22.6 Å². The van der Waals surface area contributed by atoms with E-state index in [-0.39, 0.29) is 5.56 Å². The van der Waals surface area contributed by atoms with E-state index in [1.807, 2.05) is 22.6 Å². The molecule has 0 bridgehead atoms. The zero-order chi connectivity index (χ0) is 12.0. The minimum atomic E-state index is 0.0536. The van der Waals surface area contributed by atoms with Gasteiger partial charge in [-0.05, 0) is 48.0 Å². The fourth-order valence-electron chi connectivity index (χ4n) is 1.48. The predicted octanol–water partition coefficient (Wildman–Crippen LogP) is 1.48. The summed E-state index contributed by atoms with van der Waals surface area (Å²) in [7, 11) is 0. The summed E-state index contributed by atoms with van der Waals surface area (Å²) in [6, 6.07) is 0. The standard InChI is InChI=1S/C11H18IN3O/c1-3-4-13-5-9(2)7-15-8-14-6-10(12)11(15)16/h6,8-9,13H,3-5,7H2,1-2H3. The molecule has 1 aromatic rings. The van der Waals surface area contributed by atoms with Crippen molar-refractivity contribution in [3.05, 3.63) is 26.4 Å². The Morgan fingerprint density at radius 3 is 3.06 bits per heavy atom. The van der Waals surface area contributed by atoms with E-state index in [9.17, 15) is 4.79 Å². The number of nitrogens with one attached hydrogen (secondary N) is 1. The third-order valence-electron chi connectivity index (χ3n) is 2.29. The summed E-state index contributed by atoms with van der Waals surface area (Å²) >= 11 is 2.02. The van der Waals surface area contributed by atoms with E-state index in [1.54, 1.807) is 17.1 Å². The van der Waals surface area contributed by atoms with Gasteiger partial charge in [0, 0.05) is 12.7 Å². The number of aromatic nitrogens is 2. The fraction of sp³-hybridized carbons (Fsp3) is 0.636. The average molecular weight is 335 g/mol. The fourth-order valence-corrected chi connectivity index (χ4v) is 1.95. The van der Waals surface area contributed by atoms with Crippen LogP contribution in [0.5, 0.6) is 0 Å². The van der Waals surface area contributed by atoms with Gasteiger partial charge in [-0.1, -0.05) is 13.8 Å². The van der Waals surface area contributed by atoms with E-state index in [0.29, 0.717) is 9.49 Å². The quantitative estimate of drug-likeness (QED) is 0.633. The zero-order valence-corrected chi connectivity index (χ0v) is 11.9. The number of nitrogens with zero attached hydrogens (tertiary/aromatic N) is 2. The molecule has 0 aromatic carbocycles. The molecule has 1 aromatic heterocycles. The Labute approximate surface area is 110 Å². The van der Waals surface area contributed by atoms with Crippen molar-refractivity contribution in [2.24, 2.45) is 5.92 Å². The Morgan fingerprint density at radius 1 is 1.62 bits per heavy atom. The minimum absolute atomic E-state index is 0.0536. The molecule has 0 spiro atoms. The van der Waals surface area contributed by atoms with Crippen LogP contribution in [0.25, 0.3) is 0 Å². The monoisotopic (exact) mass is 335 g/mol. The summed E-state index contributed by atoms with van der Waals surface area (Å²) in [4.78, 5) is 15.8. The molecule has 5 heteroatoms. The van der Waals surface area contributed by atoms with Crippen LogP contribution in [-0.2, 0) is 6.54 Å². The lowest BCUT2D eigenvalue weighted by molar-refractivity contribution is 0.435. The Bertz CT molecular complexity index is 378. The molecule has 1 N–H and O–H groups in total. The zero-order valence-electron chi connectivity index (χ0n) is 9.74. The SMILES string of the molecule is CCCNCC(C)Cn1cncc(I)c1=O. The summed E-state index contributed by atoms with van der Waals surface area (Å²) in [6.07, 6.45) is 4.34. The summed E-state index contributed by atoms with van der Waals surface area (Å²) in [5.41, 5.74) is 0.0536. The van der Waals surface area contributed by atoms with Gasteiger partial charge in [0.1, 0.15) is 0 Å². The van der Waals surface area contributed by atoms with Crippen molar-refractivity contribution in [2.75, 3.05) is 13.1 Å². The smallest absolute Gasteiger partial charge is 0.266 e. The average Bonchev–Trinajstić information content (AvgIpc) is 2.25. The van der Waals surface area contributed by atoms with Crippen molar-refractivity contribution in [1.82, 2.24) is 14.9 Å². The Kier molecular flexibility index (Phi) is 5.97. The molecule has 0 saturated carbocycles. The van der Waals surface area contributed by atoms with Crippen LogP contribution in [0.4, 0.5) is 0 Å². The maximum Gasteiger partial charge on any atom is 0.266 e. The second-order valence-corrected chi connectivity index (χ2v) is 5.17. The van der Waals surface area contributed by atoms with Crippen molar-refractivity contribution in [3.63, 3.8) is 0 Å². The highest BCUT2D eigenvalue weighted by Gasteiger charge is 2.06. The lowest BCUT2D eigenvalue weighted by Gasteiger charge is -2.13. The number of rotatable bonds is 6. The Hall–Kier alpha value is -0.430. The van der Waals surface area contributed by atoms with Crippen LogP contribution in [-0.4, -0.2) is 22.6 Å². The van der Waals surface area contributed by atoms with Crippen molar-refractivity contribution in [1.29, 1.82) is 0 Å². The minimum Gasteiger partial charge on any atom is -0.316 e. The normalized spacial score (nSPS) is 12.7. The summed E-state index contributed by atoms with van der Waals surface area (Å²) < 4.78 is 2.36. The van der Waals surface area contributed by atoms with Crippen molar-refractivity contribution in [2.45, 2.75) is 26.8 Å². The molecule has 1 atom stereocenters. The molecule has 0 aliphatic rings. The van der Waals surface area contributed by atoms with Gasteiger partial charge in [-0.25, -0.2) is 4.98 Å². The van der Waals surface area contributed by atoms with E-state index in [2.05, 4.69) is 24.1 Å². The summed E-state index contributed by atoms with van der Waals surface area (Å²) in [5.74, 6) is 0.434. The van der Waals surface area contributed by atoms with Crippen molar-refractivity contribution < 1.29 is 0 Å². The maximum absolute atomic E-state index is 11.7. The molecule has 0 aliphatic heterocycles. The number of halogens is 1. The van der Waals surface area contributed by atoms with Crippen LogP contribution in [0.15, 0.2) is 17.3 Å². The molecule has 90 valence electrons. The first kappa shape index (κ1) is 13.6. The van der Waals surface area contributed by atoms with Crippen LogP contribution in [0.3, 0.4) is 0 Å². The highest BCUT2D eigenvalue weighted by Crippen LogP contribution is 1.98. The molecule has 0 fully saturated rings. The van der Waals surface area contributed by atoms with E-state index in [4.69, 9.17) is 0 Å². The van der Waals surface area contributed by atoms with Gasteiger partial charge >= 0.3 is 0 Å². The molecule has 16 heavy (non-hydrogen) atoms.